The second kappa shape index (κ2) is 9.54. The number of hydrogen-bond acceptors (Lipinski definition) is 5. The second-order valence-corrected chi connectivity index (χ2v) is 9.70. The number of fused-ring (bicyclic) bond motifs is 3. The lowest BCUT2D eigenvalue weighted by molar-refractivity contribution is -0.115. The van der Waals surface area contributed by atoms with Gasteiger partial charge in [0.1, 0.15) is 0 Å². The number of carbonyl (C=O) groups is 1. The lowest BCUT2D eigenvalue weighted by Gasteiger charge is -2.15. The highest BCUT2D eigenvalue weighted by Crippen LogP contribution is 2.34. The van der Waals surface area contributed by atoms with Gasteiger partial charge in [-0.05, 0) is 110 Å². The molecule has 2 aromatic carbocycles. The molecule has 2 aliphatic heterocycles. The molecule has 0 bridgehead atoms. The Morgan fingerprint density at radius 3 is 2.72 bits per heavy atom. The van der Waals surface area contributed by atoms with E-state index in [-0.39, 0.29) is 12.3 Å². The van der Waals surface area contributed by atoms with Crippen LogP contribution < -0.4 is 10.6 Å². The third-order valence-electron chi connectivity index (χ3n) is 6.07. The summed E-state index contributed by atoms with van der Waals surface area (Å²) in [6.07, 6.45) is 6.86. The van der Waals surface area contributed by atoms with Gasteiger partial charge in [0.05, 0.1) is 17.8 Å². The first-order chi connectivity index (χ1) is 15.6. The van der Waals surface area contributed by atoms with Crippen molar-refractivity contribution in [3.63, 3.8) is 0 Å². The first-order valence-electron chi connectivity index (χ1n) is 11.2. The van der Waals surface area contributed by atoms with Gasteiger partial charge in [0.2, 0.25) is 11.9 Å². The number of amides is 1. The Bertz CT molecular complexity index is 1130. The largest absolute Gasteiger partial charge is 0.325 e. The normalized spacial score (nSPS) is 15.6. The van der Waals surface area contributed by atoms with Gasteiger partial charge in [0.15, 0.2) is 0 Å². The summed E-state index contributed by atoms with van der Waals surface area (Å²) in [5.41, 5.74) is 5.67. The maximum atomic E-state index is 12.4. The van der Waals surface area contributed by atoms with Crippen LogP contribution in [0, 0.1) is 3.57 Å². The Balaban J connectivity index is 1.41. The molecule has 0 saturated carbocycles. The molecule has 1 saturated heterocycles. The maximum Gasteiger partial charge on any atom is 0.228 e. The van der Waals surface area contributed by atoms with Crippen LogP contribution in [0.3, 0.4) is 0 Å². The Kier molecular flexibility index (Phi) is 6.36. The Morgan fingerprint density at radius 1 is 1.09 bits per heavy atom. The average Bonchev–Trinajstić information content (AvgIpc) is 3.26. The maximum absolute atomic E-state index is 12.4. The zero-order chi connectivity index (χ0) is 21.9. The number of aryl methyl sites for hydroxylation is 1. The van der Waals surface area contributed by atoms with Crippen molar-refractivity contribution in [3.8, 4) is 11.3 Å². The van der Waals surface area contributed by atoms with Crippen molar-refractivity contribution < 1.29 is 4.79 Å². The summed E-state index contributed by atoms with van der Waals surface area (Å²) < 4.78 is 1.17. The molecule has 2 aliphatic rings. The second-order valence-electron chi connectivity index (χ2n) is 8.46. The van der Waals surface area contributed by atoms with E-state index in [4.69, 9.17) is 4.98 Å². The highest BCUT2D eigenvalue weighted by molar-refractivity contribution is 14.1. The molecular weight excluding hydrogens is 513 g/mol. The van der Waals surface area contributed by atoms with Crippen LogP contribution in [0.25, 0.3) is 11.3 Å². The molecule has 0 atom stereocenters. The van der Waals surface area contributed by atoms with E-state index in [1.54, 1.807) is 6.20 Å². The molecule has 1 aromatic heterocycles. The topological polar surface area (TPSA) is 70.2 Å². The Morgan fingerprint density at radius 2 is 1.91 bits per heavy atom. The first kappa shape index (κ1) is 21.3. The van der Waals surface area contributed by atoms with Crippen LogP contribution in [0.5, 0.6) is 0 Å². The number of nitrogens with one attached hydrogen (secondary N) is 2. The molecule has 6 nitrogen and oxygen atoms in total. The van der Waals surface area contributed by atoms with E-state index in [9.17, 15) is 4.79 Å². The number of benzene rings is 2. The molecule has 5 rings (SSSR count). The molecule has 0 aliphatic carbocycles. The van der Waals surface area contributed by atoms with E-state index in [1.165, 1.54) is 35.1 Å². The molecule has 2 N–H and O–H groups in total. The molecule has 1 fully saturated rings. The predicted octanol–water partition coefficient (Wildman–Crippen LogP) is 5.01. The van der Waals surface area contributed by atoms with E-state index >= 15 is 0 Å². The summed E-state index contributed by atoms with van der Waals surface area (Å²) in [5, 5.41) is 6.32. The van der Waals surface area contributed by atoms with Crippen LogP contribution in [0.1, 0.15) is 30.4 Å². The quantitative estimate of drug-likeness (QED) is 0.431. The number of aromatic nitrogens is 2. The lowest BCUT2D eigenvalue weighted by Crippen LogP contribution is -2.20. The zero-order valence-electron chi connectivity index (χ0n) is 17.9. The van der Waals surface area contributed by atoms with Gasteiger partial charge in [-0.15, -0.1) is 0 Å². The van der Waals surface area contributed by atoms with E-state index in [1.807, 2.05) is 30.3 Å². The molecule has 32 heavy (non-hydrogen) atoms. The summed E-state index contributed by atoms with van der Waals surface area (Å²) in [6, 6.07) is 14.4. The van der Waals surface area contributed by atoms with E-state index < -0.39 is 0 Å². The summed E-state index contributed by atoms with van der Waals surface area (Å²) in [5.74, 6) is 0.499. The zero-order valence-corrected chi connectivity index (χ0v) is 20.1. The van der Waals surface area contributed by atoms with Crippen molar-refractivity contribution >= 4 is 45.8 Å². The van der Waals surface area contributed by atoms with Gasteiger partial charge < -0.3 is 15.5 Å². The van der Waals surface area contributed by atoms with Crippen molar-refractivity contribution in [1.82, 2.24) is 14.9 Å². The number of nitrogens with zero attached hydrogens (tertiary/aromatic N) is 3. The van der Waals surface area contributed by atoms with Gasteiger partial charge in [0.25, 0.3) is 0 Å². The highest BCUT2D eigenvalue weighted by Gasteiger charge is 2.21. The van der Waals surface area contributed by atoms with Gasteiger partial charge >= 0.3 is 0 Å². The fourth-order valence-electron chi connectivity index (χ4n) is 4.42. The number of anilines is 3. The van der Waals surface area contributed by atoms with Crippen molar-refractivity contribution in [2.24, 2.45) is 0 Å². The van der Waals surface area contributed by atoms with Crippen LogP contribution in [-0.4, -0.2) is 40.4 Å². The first-order valence-corrected chi connectivity index (χ1v) is 12.3. The van der Waals surface area contributed by atoms with E-state index in [0.29, 0.717) is 5.95 Å². The summed E-state index contributed by atoms with van der Waals surface area (Å²) in [6.45, 7) is 3.62. The summed E-state index contributed by atoms with van der Waals surface area (Å²) in [7, 11) is 0. The highest BCUT2D eigenvalue weighted by atomic mass is 127. The molecule has 164 valence electrons. The van der Waals surface area contributed by atoms with Crippen LogP contribution in [0.15, 0.2) is 48.7 Å². The number of rotatable bonds is 6. The van der Waals surface area contributed by atoms with Crippen LogP contribution in [-0.2, 0) is 17.6 Å². The monoisotopic (exact) mass is 539 g/mol. The van der Waals surface area contributed by atoms with Crippen molar-refractivity contribution in [2.45, 2.75) is 32.1 Å². The number of carbonyl (C=O) groups excluding carboxylic acids is 1. The molecule has 7 heteroatoms. The minimum absolute atomic E-state index is 0.0336. The van der Waals surface area contributed by atoms with E-state index in [0.717, 1.165) is 47.6 Å². The fourth-order valence-corrected chi connectivity index (χ4v) is 4.78. The van der Waals surface area contributed by atoms with Gasteiger partial charge in [-0.1, -0.05) is 6.07 Å². The molecule has 3 aromatic rings. The van der Waals surface area contributed by atoms with Crippen LogP contribution in [0.4, 0.5) is 17.3 Å². The van der Waals surface area contributed by atoms with Crippen molar-refractivity contribution in [3.05, 3.63) is 63.4 Å². The van der Waals surface area contributed by atoms with Crippen molar-refractivity contribution in [1.29, 1.82) is 0 Å². The molecular formula is C25H26IN5O. The predicted molar refractivity (Wildman–Crippen MR) is 136 cm³/mol. The smallest absolute Gasteiger partial charge is 0.228 e. The third kappa shape index (κ3) is 4.94. The number of hydrogen-bond donors (Lipinski definition) is 2. The van der Waals surface area contributed by atoms with Crippen LogP contribution >= 0.6 is 22.6 Å². The Hall–Kier alpha value is -2.52. The minimum Gasteiger partial charge on any atom is -0.325 e. The van der Waals surface area contributed by atoms with E-state index in [2.05, 4.69) is 55.2 Å². The van der Waals surface area contributed by atoms with Gasteiger partial charge in [-0.2, -0.15) is 0 Å². The Labute approximate surface area is 202 Å². The average molecular weight is 539 g/mol. The molecule has 1 amide bonds. The standard InChI is InChI=1S/C25H26IN5O/c26-19-6-8-20(9-7-19)28-25-27-16-18-15-23(32)29-22-10-5-17(14-21(22)24(18)30-25)4-3-13-31-11-1-2-12-31/h5-10,14,16H,1-4,11-13,15H2,(H,29,32)(H,27,28,30). The molecule has 0 radical (unpaired) electrons. The summed E-state index contributed by atoms with van der Waals surface area (Å²) in [4.78, 5) is 24.3. The van der Waals surface area contributed by atoms with Gasteiger partial charge in [0, 0.05) is 26.6 Å². The summed E-state index contributed by atoms with van der Waals surface area (Å²) >= 11 is 2.28. The minimum atomic E-state index is -0.0336. The lowest BCUT2D eigenvalue weighted by atomic mass is 10.00. The molecule has 3 heterocycles. The molecule has 0 unspecified atom stereocenters. The van der Waals surface area contributed by atoms with Crippen molar-refractivity contribution in [2.75, 3.05) is 30.3 Å². The van der Waals surface area contributed by atoms with Gasteiger partial charge in [-0.3, -0.25) is 4.79 Å². The SMILES string of the molecule is O=C1Cc2cnc(Nc3ccc(I)cc3)nc2-c2cc(CCCN3CCCC3)ccc2N1. The molecule has 0 spiro atoms. The van der Waals surface area contributed by atoms with Gasteiger partial charge in [-0.25, -0.2) is 9.97 Å². The fraction of sp³-hybridized carbons (Fsp3) is 0.320. The third-order valence-corrected chi connectivity index (χ3v) is 6.79. The number of likely N-dealkylation sites (tertiary alicyclic amines) is 1. The number of halogens is 1. The van der Waals surface area contributed by atoms with Crippen LogP contribution in [0.2, 0.25) is 0 Å².